The van der Waals surface area contributed by atoms with E-state index in [1.165, 1.54) is 6.07 Å². The largest absolute Gasteiger partial charge is 0.398 e. The minimum Gasteiger partial charge on any atom is -0.398 e. The van der Waals surface area contributed by atoms with Crippen LogP contribution in [0.2, 0.25) is 0 Å². The summed E-state index contributed by atoms with van der Waals surface area (Å²) in [7, 11) is -3.57. The molecule has 1 aromatic heterocycles. The van der Waals surface area contributed by atoms with Crippen LogP contribution in [0.15, 0.2) is 46.3 Å². The summed E-state index contributed by atoms with van der Waals surface area (Å²) in [4.78, 5) is 4.05. The lowest BCUT2D eigenvalue weighted by Crippen LogP contribution is -2.25. The molecular formula is C13H17BrN4O2S. The third kappa shape index (κ3) is 4.55. The number of sulfonamides is 1. The number of imidazole rings is 1. The third-order valence-electron chi connectivity index (χ3n) is 2.96. The first-order valence-corrected chi connectivity index (χ1v) is 8.77. The Morgan fingerprint density at radius 2 is 2.14 bits per heavy atom. The number of hydrogen-bond acceptors (Lipinski definition) is 4. The molecule has 0 bridgehead atoms. The number of anilines is 1. The van der Waals surface area contributed by atoms with Gasteiger partial charge >= 0.3 is 0 Å². The number of hydrogen-bond donors (Lipinski definition) is 2. The standard InChI is InChI=1S/C13H17BrN4O2S/c14-11-3-4-12(15)13(9-11)21(19,20)17-5-1-2-7-18-8-6-16-10-18/h3-4,6,8-10,17H,1-2,5,7,15H2. The van der Waals surface area contributed by atoms with Crippen LogP contribution in [0.4, 0.5) is 5.69 Å². The number of nitrogen functional groups attached to an aromatic ring is 1. The molecule has 1 heterocycles. The van der Waals surface area contributed by atoms with E-state index in [0.29, 0.717) is 11.0 Å². The molecule has 0 saturated carbocycles. The lowest BCUT2D eigenvalue weighted by Gasteiger charge is -2.09. The van der Waals surface area contributed by atoms with Crippen molar-refractivity contribution in [2.45, 2.75) is 24.3 Å². The molecule has 8 heteroatoms. The van der Waals surface area contributed by atoms with Crippen LogP contribution in [-0.4, -0.2) is 24.5 Å². The Morgan fingerprint density at radius 3 is 2.86 bits per heavy atom. The minimum absolute atomic E-state index is 0.103. The molecule has 0 spiro atoms. The highest BCUT2D eigenvalue weighted by molar-refractivity contribution is 9.10. The fraction of sp³-hybridized carbons (Fsp3) is 0.308. The topological polar surface area (TPSA) is 90.0 Å². The molecule has 2 rings (SSSR count). The second-order valence-corrected chi connectivity index (χ2v) is 7.24. The van der Waals surface area contributed by atoms with Gasteiger partial charge in [-0.05, 0) is 31.0 Å². The van der Waals surface area contributed by atoms with Crippen molar-refractivity contribution in [1.29, 1.82) is 0 Å². The maximum absolute atomic E-state index is 12.2. The van der Waals surface area contributed by atoms with Crippen molar-refractivity contribution in [1.82, 2.24) is 14.3 Å². The summed E-state index contributed by atoms with van der Waals surface area (Å²) in [6.45, 7) is 1.20. The molecule has 0 amide bonds. The van der Waals surface area contributed by atoms with Gasteiger partial charge in [-0.25, -0.2) is 18.1 Å². The van der Waals surface area contributed by atoms with Gasteiger partial charge in [0.15, 0.2) is 0 Å². The molecule has 0 aliphatic heterocycles. The highest BCUT2D eigenvalue weighted by Gasteiger charge is 2.16. The van der Waals surface area contributed by atoms with Crippen molar-refractivity contribution in [2.75, 3.05) is 12.3 Å². The number of nitrogens with zero attached hydrogens (tertiary/aromatic N) is 2. The van der Waals surface area contributed by atoms with E-state index >= 15 is 0 Å². The van der Waals surface area contributed by atoms with E-state index in [1.807, 2.05) is 10.8 Å². The van der Waals surface area contributed by atoms with Gasteiger partial charge in [0.1, 0.15) is 4.90 Å². The van der Waals surface area contributed by atoms with Crippen LogP contribution in [0.3, 0.4) is 0 Å². The molecule has 0 atom stereocenters. The Kier molecular flexibility index (Phi) is 5.38. The lowest BCUT2D eigenvalue weighted by atomic mass is 10.3. The van der Waals surface area contributed by atoms with Crippen molar-refractivity contribution in [3.8, 4) is 0 Å². The van der Waals surface area contributed by atoms with Crippen LogP contribution < -0.4 is 10.5 Å². The number of unbranched alkanes of at least 4 members (excludes halogenated alkanes) is 1. The number of nitrogens with two attached hydrogens (primary N) is 1. The molecule has 1 aromatic carbocycles. The number of halogens is 1. The predicted octanol–water partition coefficient (Wildman–Crippen LogP) is 1.99. The highest BCUT2D eigenvalue weighted by atomic mass is 79.9. The van der Waals surface area contributed by atoms with Gasteiger partial charge in [0.05, 0.1) is 12.0 Å². The Morgan fingerprint density at radius 1 is 1.33 bits per heavy atom. The lowest BCUT2D eigenvalue weighted by molar-refractivity contribution is 0.566. The molecule has 0 aliphatic carbocycles. The van der Waals surface area contributed by atoms with Crippen LogP contribution in [-0.2, 0) is 16.6 Å². The van der Waals surface area contributed by atoms with Gasteiger partial charge < -0.3 is 10.3 Å². The SMILES string of the molecule is Nc1ccc(Br)cc1S(=O)(=O)NCCCCn1ccnc1. The summed E-state index contributed by atoms with van der Waals surface area (Å²) in [5.41, 5.74) is 5.96. The van der Waals surface area contributed by atoms with Gasteiger partial charge in [0.2, 0.25) is 10.0 Å². The molecular weight excluding hydrogens is 356 g/mol. The average Bonchev–Trinajstić information content (AvgIpc) is 2.94. The minimum atomic E-state index is -3.57. The summed E-state index contributed by atoms with van der Waals surface area (Å²) < 4.78 is 29.5. The molecule has 0 aliphatic rings. The first-order chi connectivity index (χ1) is 9.99. The Balaban J connectivity index is 1.85. The fourth-order valence-electron chi connectivity index (χ4n) is 1.86. The number of aryl methyl sites for hydroxylation is 1. The van der Waals surface area contributed by atoms with Crippen LogP contribution in [0.5, 0.6) is 0 Å². The number of aromatic nitrogens is 2. The molecule has 6 nitrogen and oxygen atoms in total. The number of nitrogens with one attached hydrogen (secondary N) is 1. The number of benzene rings is 1. The third-order valence-corrected chi connectivity index (χ3v) is 4.97. The summed E-state index contributed by atoms with van der Waals surface area (Å²) in [5, 5.41) is 0. The Labute approximate surface area is 132 Å². The molecule has 2 aromatic rings. The van der Waals surface area contributed by atoms with Crippen LogP contribution in [0.1, 0.15) is 12.8 Å². The van der Waals surface area contributed by atoms with Gasteiger partial charge in [-0.2, -0.15) is 0 Å². The van der Waals surface area contributed by atoms with Crippen molar-refractivity contribution in [3.63, 3.8) is 0 Å². The van der Waals surface area contributed by atoms with Crippen LogP contribution >= 0.6 is 15.9 Å². The van der Waals surface area contributed by atoms with E-state index in [9.17, 15) is 8.42 Å². The van der Waals surface area contributed by atoms with Crippen molar-refractivity contribution >= 4 is 31.6 Å². The van der Waals surface area contributed by atoms with Crippen LogP contribution in [0.25, 0.3) is 0 Å². The normalized spacial score (nSPS) is 11.7. The van der Waals surface area contributed by atoms with E-state index in [-0.39, 0.29) is 10.6 Å². The number of rotatable bonds is 7. The second-order valence-electron chi connectivity index (χ2n) is 4.59. The molecule has 3 N–H and O–H groups in total. The monoisotopic (exact) mass is 372 g/mol. The summed E-state index contributed by atoms with van der Waals surface area (Å²) in [5.74, 6) is 0. The zero-order chi connectivity index (χ0) is 15.3. The van der Waals surface area contributed by atoms with E-state index < -0.39 is 10.0 Å². The van der Waals surface area contributed by atoms with Crippen molar-refractivity contribution in [2.24, 2.45) is 0 Å². The average molecular weight is 373 g/mol. The molecule has 21 heavy (non-hydrogen) atoms. The van der Waals surface area contributed by atoms with E-state index in [2.05, 4.69) is 25.6 Å². The quantitative estimate of drug-likeness (QED) is 0.574. The fourth-order valence-corrected chi connectivity index (χ4v) is 3.61. The Bertz CT molecular complexity index is 686. The van der Waals surface area contributed by atoms with Crippen molar-refractivity contribution in [3.05, 3.63) is 41.4 Å². The first-order valence-electron chi connectivity index (χ1n) is 6.49. The summed E-state index contributed by atoms with van der Waals surface area (Å²) in [6.07, 6.45) is 6.95. The molecule has 0 unspecified atom stereocenters. The summed E-state index contributed by atoms with van der Waals surface area (Å²) >= 11 is 3.25. The maximum atomic E-state index is 12.2. The smallest absolute Gasteiger partial charge is 0.242 e. The van der Waals surface area contributed by atoms with Gasteiger partial charge in [-0.1, -0.05) is 15.9 Å². The van der Waals surface area contributed by atoms with E-state index in [1.54, 1.807) is 24.7 Å². The highest BCUT2D eigenvalue weighted by Crippen LogP contribution is 2.22. The molecule has 0 fully saturated rings. The van der Waals surface area contributed by atoms with Gasteiger partial charge in [-0.3, -0.25) is 0 Å². The molecule has 0 radical (unpaired) electrons. The Hall–Kier alpha value is -1.38. The molecule has 114 valence electrons. The first kappa shape index (κ1) is 16.0. The van der Waals surface area contributed by atoms with Gasteiger partial charge in [-0.15, -0.1) is 0 Å². The zero-order valence-electron chi connectivity index (χ0n) is 11.4. The van der Waals surface area contributed by atoms with Crippen LogP contribution in [0, 0.1) is 0 Å². The molecule has 0 saturated heterocycles. The van der Waals surface area contributed by atoms with Gasteiger partial charge in [0, 0.05) is 30.0 Å². The van der Waals surface area contributed by atoms with Crippen molar-refractivity contribution < 1.29 is 8.42 Å². The van der Waals surface area contributed by atoms with Gasteiger partial charge in [0.25, 0.3) is 0 Å². The zero-order valence-corrected chi connectivity index (χ0v) is 13.8. The maximum Gasteiger partial charge on any atom is 0.242 e. The van der Waals surface area contributed by atoms with E-state index in [0.717, 1.165) is 19.4 Å². The van der Waals surface area contributed by atoms with E-state index in [4.69, 9.17) is 5.73 Å². The summed E-state index contributed by atoms with van der Waals surface area (Å²) in [6, 6.07) is 4.78. The predicted molar refractivity (Wildman–Crippen MR) is 85.2 cm³/mol. The second kappa shape index (κ2) is 7.06.